The van der Waals surface area contributed by atoms with Crippen LogP contribution < -0.4 is 9.62 Å². The summed E-state index contributed by atoms with van der Waals surface area (Å²) in [5.74, 6) is -0.930. The number of hydrogen-bond acceptors (Lipinski definition) is 4. The molecule has 4 aromatic carbocycles. The summed E-state index contributed by atoms with van der Waals surface area (Å²) in [7, 11) is -4.29. The molecule has 4 rings (SSSR count). The van der Waals surface area contributed by atoms with Gasteiger partial charge < -0.3 is 10.2 Å². The molecule has 11 heteroatoms. The molecule has 0 saturated heterocycles. The minimum absolute atomic E-state index is 0.0252. The van der Waals surface area contributed by atoms with E-state index >= 15 is 0 Å². The summed E-state index contributed by atoms with van der Waals surface area (Å²) in [6.07, 6.45) is 0.909. The molecular weight excluding hydrogens is 697 g/mol. The van der Waals surface area contributed by atoms with Crippen LogP contribution in [0.3, 0.4) is 0 Å². The Labute approximate surface area is 283 Å². The second-order valence-electron chi connectivity index (χ2n) is 10.6. The molecule has 0 saturated carbocycles. The number of nitrogens with zero attached hydrogens (tertiary/aromatic N) is 2. The zero-order valence-corrected chi connectivity index (χ0v) is 28.8. The first kappa shape index (κ1) is 34.5. The fourth-order valence-electron chi connectivity index (χ4n) is 4.74. The molecule has 2 atom stereocenters. The van der Waals surface area contributed by atoms with Gasteiger partial charge in [-0.05, 0) is 66.9 Å². The van der Waals surface area contributed by atoms with Crippen molar-refractivity contribution in [2.75, 3.05) is 10.8 Å². The molecule has 236 valence electrons. The van der Waals surface area contributed by atoms with E-state index in [1.54, 1.807) is 18.2 Å². The smallest absolute Gasteiger partial charge is 0.264 e. The van der Waals surface area contributed by atoms with Gasteiger partial charge in [0.2, 0.25) is 11.8 Å². The number of halogens is 3. The van der Waals surface area contributed by atoms with Crippen LogP contribution in [-0.4, -0.2) is 43.8 Å². The Balaban J connectivity index is 1.83. The molecule has 0 aliphatic heterocycles. The van der Waals surface area contributed by atoms with Crippen molar-refractivity contribution in [1.29, 1.82) is 0 Å². The molecular formula is C34H34BrCl2N3O4S. The van der Waals surface area contributed by atoms with Crippen LogP contribution in [0.15, 0.2) is 112 Å². The topological polar surface area (TPSA) is 86.8 Å². The third-order valence-electron chi connectivity index (χ3n) is 7.30. The van der Waals surface area contributed by atoms with Crippen LogP contribution in [0.25, 0.3) is 0 Å². The third kappa shape index (κ3) is 9.10. The van der Waals surface area contributed by atoms with Crippen molar-refractivity contribution in [1.82, 2.24) is 10.2 Å². The second-order valence-corrected chi connectivity index (χ2v) is 14.2. The molecule has 4 aromatic rings. The standard InChI is InChI=1S/C34H34BrCl2N3O4S/c1-3-24(2)38-34(42)32(20-25-11-6-4-7-12-25)39(22-26-13-10-14-27(35)19-26)33(41)23-40(31-21-28(36)17-18-30(31)37)45(43,44)29-15-8-5-9-16-29/h4-19,21,24,32H,3,20,22-23H2,1-2H3,(H,38,42)/t24-,32-/m0/s1. The van der Waals surface area contributed by atoms with Crippen LogP contribution >= 0.6 is 39.1 Å². The van der Waals surface area contributed by atoms with E-state index in [0.29, 0.717) is 6.42 Å². The SMILES string of the molecule is CC[C@H](C)NC(=O)[C@H](Cc1ccccc1)N(Cc1cccc(Br)c1)C(=O)CN(c1cc(Cl)ccc1Cl)S(=O)(=O)c1ccccc1. The Hall–Kier alpha value is -3.37. The lowest BCUT2D eigenvalue weighted by Gasteiger charge is -2.34. The van der Waals surface area contributed by atoms with E-state index in [-0.39, 0.29) is 45.5 Å². The highest BCUT2D eigenvalue weighted by Crippen LogP contribution is 2.33. The molecule has 1 N–H and O–H groups in total. The van der Waals surface area contributed by atoms with Crippen molar-refractivity contribution < 1.29 is 18.0 Å². The van der Waals surface area contributed by atoms with Crippen molar-refractivity contribution in [2.45, 2.75) is 50.2 Å². The molecule has 0 aliphatic rings. The summed E-state index contributed by atoms with van der Waals surface area (Å²) in [6.45, 7) is 3.27. The molecule has 0 aromatic heterocycles. The number of carbonyl (C=O) groups excluding carboxylic acids is 2. The molecule has 0 spiro atoms. The van der Waals surface area contributed by atoms with Crippen molar-refractivity contribution in [2.24, 2.45) is 0 Å². The van der Waals surface area contributed by atoms with Gasteiger partial charge >= 0.3 is 0 Å². The predicted octanol–water partition coefficient (Wildman–Crippen LogP) is 7.51. The fourth-order valence-corrected chi connectivity index (χ4v) is 7.07. The molecule has 0 fully saturated rings. The lowest BCUT2D eigenvalue weighted by molar-refractivity contribution is -0.140. The zero-order valence-electron chi connectivity index (χ0n) is 24.9. The van der Waals surface area contributed by atoms with Gasteiger partial charge in [0, 0.05) is 28.5 Å². The van der Waals surface area contributed by atoms with Gasteiger partial charge in [-0.15, -0.1) is 0 Å². The first-order valence-electron chi connectivity index (χ1n) is 14.4. The Morgan fingerprint density at radius 1 is 0.867 bits per heavy atom. The summed E-state index contributed by atoms with van der Waals surface area (Å²) in [5.41, 5.74) is 1.65. The highest BCUT2D eigenvalue weighted by molar-refractivity contribution is 9.10. The van der Waals surface area contributed by atoms with Crippen LogP contribution in [-0.2, 0) is 32.6 Å². The van der Waals surface area contributed by atoms with Crippen LogP contribution in [0.5, 0.6) is 0 Å². The number of hydrogen-bond donors (Lipinski definition) is 1. The van der Waals surface area contributed by atoms with E-state index in [4.69, 9.17) is 23.2 Å². The molecule has 7 nitrogen and oxygen atoms in total. The maximum Gasteiger partial charge on any atom is 0.264 e. The largest absolute Gasteiger partial charge is 0.352 e. The van der Waals surface area contributed by atoms with Gasteiger partial charge in [-0.2, -0.15) is 0 Å². The van der Waals surface area contributed by atoms with Crippen molar-refractivity contribution in [3.63, 3.8) is 0 Å². The van der Waals surface area contributed by atoms with Crippen molar-refractivity contribution >= 4 is 66.7 Å². The van der Waals surface area contributed by atoms with Crippen LogP contribution in [0, 0.1) is 0 Å². The van der Waals surface area contributed by atoms with Gasteiger partial charge in [-0.1, -0.05) is 107 Å². The van der Waals surface area contributed by atoms with Gasteiger partial charge in [-0.3, -0.25) is 13.9 Å². The third-order valence-corrected chi connectivity index (χ3v) is 10.1. The molecule has 2 amide bonds. The predicted molar refractivity (Wildman–Crippen MR) is 184 cm³/mol. The maximum absolute atomic E-state index is 14.5. The van der Waals surface area contributed by atoms with E-state index in [1.165, 1.54) is 35.2 Å². The van der Waals surface area contributed by atoms with E-state index in [1.807, 2.05) is 68.4 Å². The lowest BCUT2D eigenvalue weighted by atomic mass is 10.0. The fraction of sp³-hybridized carbons (Fsp3) is 0.235. The number of sulfonamides is 1. The zero-order chi connectivity index (χ0) is 32.6. The highest BCUT2D eigenvalue weighted by atomic mass is 79.9. The van der Waals surface area contributed by atoms with E-state index in [2.05, 4.69) is 21.2 Å². The monoisotopic (exact) mass is 729 g/mol. The summed E-state index contributed by atoms with van der Waals surface area (Å²) in [4.78, 5) is 29.9. The average molecular weight is 732 g/mol. The van der Waals surface area contributed by atoms with Crippen LogP contribution in [0.4, 0.5) is 5.69 Å². The molecule has 0 bridgehead atoms. The van der Waals surface area contributed by atoms with Crippen molar-refractivity contribution in [3.8, 4) is 0 Å². The maximum atomic E-state index is 14.5. The Morgan fingerprint density at radius 2 is 1.51 bits per heavy atom. The summed E-state index contributed by atoms with van der Waals surface area (Å²) < 4.78 is 30.0. The number of benzene rings is 4. The van der Waals surface area contributed by atoms with Gasteiger partial charge in [0.25, 0.3) is 10.0 Å². The Bertz CT molecular complexity index is 1730. The van der Waals surface area contributed by atoms with E-state index in [0.717, 1.165) is 19.9 Å². The number of carbonyl (C=O) groups is 2. The van der Waals surface area contributed by atoms with Gasteiger partial charge in [0.1, 0.15) is 12.6 Å². The molecule has 0 heterocycles. The summed E-state index contributed by atoms with van der Waals surface area (Å²) >= 11 is 16.3. The van der Waals surface area contributed by atoms with Gasteiger partial charge in [-0.25, -0.2) is 8.42 Å². The molecule has 0 aliphatic carbocycles. The second kappa shape index (κ2) is 15.8. The van der Waals surface area contributed by atoms with E-state index < -0.39 is 28.5 Å². The first-order chi connectivity index (χ1) is 21.5. The first-order valence-corrected chi connectivity index (χ1v) is 17.4. The van der Waals surface area contributed by atoms with Crippen molar-refractivity contribution in [3.05, 3.63) is 129 Å². The van der Waals surface area contributed by atoms with Gasteiger partial charge in [0.15, 0.2) is 0 Å². The number of rotatable bonds is 13. The van der Waals surface area contributed by atoms with Crippen LogP contribution in [0.1, 0.15) is 31.4 Å². The van der Waals surface area contributed by atoms with E-state index in [9.17, 15) is 18.0 Å². The average Bonchev–Trinajstić information content (AvgIpc) is 3.03. The summed E-state index contributed by atoms with van der Waals surface area (Å²) in [5, 5.41) is 3.37. The quantitative estimate of drug-likeness (QED) is 0.154. The van der Waals surface area contributed by atoms with Gasteiger partial charge in [0.05, 0.1) is 15.6 Å². The number of amides is 2. The number of nitrogens with one attached hydrogen (secondary N) is 1. The number of anilines is 1. The minimum atomic E-state index is -4.29. The molecule has 0 unspecified atom stereocenters. The highest BCUT2D eigenvalue weighted by Gasteiger charge is 2.35. The van der Waals surface area contributed by atoms with Crippen LogP contribution in [0.2, 0.25) is 10.0 Å². The Kier molecular flexibility index (Phi) is 12.1. The summed E-state index contributed by atoms with van der Waals surface area (Å²) in [6, 6.07) is 27.9. The Morgan fingerprint density at radius 3 is 2.16 bits per heavy atom. The molecule has 0 radical (unpaired) electrons. The molecule has 45 heavy (non-hydrogen) atoms. The lowest BCUT2D eigenvalue weighted by Crippen LogP contribution is -2.54. The minimum Gasteiger partial charge on any atom is -0.352 e. The normalized spacial score (nSPS) is 12.6.